The van der Waals surface area contributed by atoms with Crippen molar-refractivity contribution in [3.8, 4) is 16.9 Å². The highest BCUT2D eigenvalue weighted by molar-refractivity contribution is 6.74. The molecule has 0 bridgehead atoms. The highest BCUT2D eigenvalue weighted by atomic mass is 28.4. The average molecular weight is 832 g/mol. The van der Waals surface area contributed by atoms with E-state index >= 15 is 0 Å². The van der Waals surface area contributed by atoms with Gasteiger partial charge in [-0.3, -0.25) is 14.3 Å². The number of fused-ring (bicyclic) bond motifs is 2. The van der Waals surface area contributed by atoms with Gasteiger partial charge in [0.05, 0.1) is 22.8 Å². The molecule has 1 aliphatic carbocycles. The van der Waals surface area contributed by atoms with Crippen molar-refractivity contribution in [2.75, 3.05) is 11.4 Å². The van der Waals surface area contributed by atoms with E-state index in [1.165, 1.54) is 11.0 Å². The van der Waals surface area contributed by atoms with E-state index in [-0.39, 0.29) is 34.5 Å². The number of hydrogen-bond donors (Lipinski definition) is 5. The lowest BCUT2D eigenvalue weighted by molar-refractivity contribution is 0.181. The molecule has 60 heavy (non-hydrogen) atoms. The first-order valence-corrected chi connectivity index (χ1v) is 23.8. The highest BCUT2D eigenvalue weighted by Gasteiger charge is 2.40. The first kappa shape index (κ1) is 42.6. The van der Waals surface area contributed by atoms with Crippen LogP contribution in [0.3, 0.4) is 0 Å². The number of anilines is 1. The summed E-state index contributed by atoms with van der Waals surface area (Å²) < 4.78 is 14.3. The number of carboxylic acid groups (broad SMARTS) is 1. The van der Waals surface area contributed by atoms with Gasteiger partial charge in [0.15, 0.2) is 13.9 Å². The van der Waals surface area contributed by atoms with Crippen molar-refractivity contribution in [2.24, 2.45) is 5.73 Å². The number of nitrogens with one attached hydrogen (secondary N) is 2. The average Bonchev–Trinajstić information content (AvgIpc) is 3.52. The van der Waals surface area contributed by atoms with Crippen LogP contribution in [0, 0.1) is 0 Å². The van der Waals surface area contributed by atoms with Crippen molar-refractivity contribution in [1.82, 2.24) is 14.9 Å². The van der Waals surface area contributed by atoms with Gasteiger partial charge in [-0.25, -0.2) is 9.59 Å². The number of oxazole rings is 1. The molecule has 6 N–H and O–H groups in total. The Morgan fingerprint density at radius 3 is 2.43 bits per heavy atom. The van der Waals surface area contributed by atoms with Crippen molar-refractivity contribution in [1.29, 1.82) is 0 Å². The van der Waals surface area contributed by atoms with Gasteiger partial charge in [0, 0.05) is 48.7 Å². The molecule has 2 heterocycles. The van der Waals surface area contributed by atoms with Gasteiger partial charge in [-0.05, 0) is 109 Å². The Balaban J connectivity index is 1.09. The fourth-order valence-corrected chi connectivity index (χ4v) is 9.39. The van der Waals surface area contributed by atoms with Crippen LogP contribution in [-0.2, 0) is 23.9 Å². The van der Waals surface area contributed by atoms with Crippen molar-refractivity contribution >= 4 is 42.1 Å². The molecule has 1 saturated carbocycles. The maximum Gasteiger partial charge on any atom is 0.419 e. The number of pyridine rings is 1. The van der Waals surface area contributed by atoms with Crippen LogP contribution < -0.4 is 27.3 Å². The van der Waals surface area contributed by atoms with Crippen LogP contribution >= 0.6 is 0 Å². The van der Waals surface area contributed by atoms with E-state index in [0.717, 1.165) is 46.0 Å². The van der Waals surface area contributed by atoms with Crippen LogP contribution in [0.1, 0.15) is 75.7 Å². The molecule has 0 spiro atoms. The summed E-state index contributed by atoms with van der Waals surface area (Å²) in [6.45, 7) is 12.3. The van der Waals surface area contributed by atoms with Gasteiger partial charge in [0.1, 0.15) is 5.75 Å². The topological polar surface area (TPSA) is 176 Å². The lowest BCUT2D eigenvalue weighted by atomic mass is 9.89. The minimum Gasteiger partial charge on any atom is -0.506 e. The number of carbonyl (C=O) groups is 1. The van der Waals surface area contributed by atoms with E-state index in [1.807, 2.05) is 72.8 Å². The van der Waals surface area contributed by atoms with Gasteiger partial charge in [0.2, 0.25) is 5.56 Å². The van der Waals surface area contributed by atoms with Gasteiger partial charge in [0.25, 0.3) is 0 Å². The molecule has 7 rings (SSSR count). The molecular weight excluding hydrogens is 775 g/mol. The van der Waals surface area contributed by atoms with Crippen LogP contribution in [0.5, 0.6) is 5.75 Å². The molecule has 316 valence electrons. The third-order valence-corrected chi connectivity index (χ3v) is 16.9. The molecule has 6 aromatic rings. The number of phenolic OH excluding ortho intramolecular Hbond substituents is 1. The second-order valence-corrected chi connectivity index (χ2v) is 22.4. The van der Waals surface area contributed by atoms with Gasteiger partial charge in [-0.1, -0.05) is 75.4 Å². The summed E-state index contributed by atoms with van der Waals surface area (Å²) >= 11 is 0. The maximum absolute atomic E-state index is 13.2. The standard InChI is InChI=1S/C47H57N5O7Si/c1-47(2,3)60(4,5)59-42(36-20-22-40(53)44-37(36)21-24-43(54)50-44)29-49-28-31-14-23-41-39(27-31)51(46(57)58-41)25-9-10-30-13-19-35(32-11-7-6-8-12-32)38(26-30)52(45(55)56)34-17-15-33(48)16-18-34/h6-8,11-14,19-24,26-27,33-34,42,49,53H,9-10,15-18,25,28-29,48H2,1-5H3,(H,50,54)(H,55,56)/t33?,34?,42-/m1/s1. The Kier molecular flexibility index (Phi) is 12.5. The molecule has 0 aliphatic heterocycles. The van der Waals surface area contributed by atoms with Gasteiger partial charge in [-0.2, -0.15) is 0 Å². The number of phenols is 1. The summed E-state index contributed by atoms with van der Waals surface area (Å²) in [5, 5.41) is 25.4. The van der Waals surface area contributed by atoms with E-state index in [2.05, 4.69) is 44.2 Å². The lowest BCUT2D eigenvalue weighted by Gasteiger charge is -2.39. The molecule has 1 atom stereocenters. The zero-order valence-corrected chi connectivity index (χ0v) is 36.2. The van der Waals surface area contributed by atoms with Crippen LogP contribution in [0.25, 0.3) is 33.1 Å². The largest absolute Gasteiger partial charge is 0.506 e. The fraction of sp³-hybridized carbons (Fsp3) is 0.383. The molecule has 13 heteroatoms. The van der Waals surface area contributed by atoms with E-state index < -0.39 is 20.2 Å². The monoisotopic (exact) mass is 831 g/mol. The summed E-state index contributed by atoms with van der Waals surface area (Å²) in [5.41, 5.74) is 12.8. The number of aromatic nitrogens is 2. The summed E-state index contributed by atoms with van der Waals surface area (Å²) in [6, 6.07) is 28.2. The smallest absolute Gasteiger partial charge is 0.419 e. The van der Waals surface area contributed by atoms with Crippen LogP contribution in [0.2, 0.25) is 18.1 Å². The number of aromatic hydroxyl groups is 1. The number of benzene rings is 4. The molecule has 4 aromatic carbocycles. The number of nitrogens with two attached hydrogens (primary N) is 1. The molecule has 1 aliphatic rings. The molecule has 0 unspecified atom stereocenters. The van der Waals surface area contributed by atoms with E-state index in [4.69, 9.17) is 14.6 Å². The molecular formula is C47H57N5O7Si. The predicted molar refractivity (Wildman–Crippen MR) is 240 cm³/mol. The highest BCUT2D eigenvalue weighted by Crippen LogP contribution is 2.41. The van der Waals surface area contributed by atoms with Gasteiger partial charge >= 0.3 is 11.8 Å². The number of aromatic amines is 1. The van der Waals surface area contributed by atoms with E-state index in [1.54, 1.807) is 16.7 Å². The predicted octanol–water partition coefficient (Wildman–Crippen LogP) is 9.05. The summed E-state index contributed by atoms with van der Waals surface area (Å²) in [4.78, 5) is 42.5. The normalized spacial score (nSPS) is 16.6. The first-order valence-electron chi connectivity index (χ1n) is 20.9. The van der Waals surface area contributed by atoms with Crippen LogP contribution in [0.15, 0.2) is 105 Å². The second kappa shape index (κ2) is 17.6. The molecule has 2 aromatic heterocycles. The summed E-state index contributed by atoms with van der Waals surface area (Å²) in [5.74, 6) is -0.427. The molecule has 0 radical (unpaired) electrons. The number of H-pyrrole nitrogens is 1. The Labute approximate surface area is 351 Å². The fourth-order valence-electron chi connectivity index (χ4n) is 8.12. The molecule has 1 amide bonds. The second-order valence-electron chi connectivity index (χ2n) is 17.6. The maximum atomic E-state index is 13.2. The minimum atomic E-state index is -2.27. The first-order chi connectivity index (χ1) is 28.6. The van der Waals surface area contributed by atoms with Crippen molar-refractivity contribution in [3.05, 3.63) is 129 Å². The Bertz CT molecular complexity index is 2590. The zero-order chi connectivity index (χ0) is 42.8. The van der Waals surface area contributed by atoms with Crippen molar-refractivity contribution in [2.45, 2.75) is 109 Å². The van der Waals surface area contributed by atoms with Gasteiger partial charge < -0.3 is 35.1 Å². The molecule has 0 saturated heterocycles. The third kappa shape index (κ3) is 9.29. The van der Waals surface area contributed by atoms with Crippen molar-refractivity contribution in [3.63, 3.8) is 0 Å². The number of rotatable bonds is 14. The van der Waals surface area contributed by atoms with Crippen molar-refractivity contribution < 1.29 is 23.9 Å². The Hall–Kier alpha value is -5.47. The Morgan fingerprint density at radius 2 is 1.72 bits per heavy atom. The molecule has 12 nitrogen and oxygen atoms in total. The lowest BCUT2D eigenvalue weighted by Crippen LogP contribution is -2.44. The third-order valence-electron chi connectivity index (χ3n) is 12.5. The zero-order valence-electron chi connectivity index (χ0n) is 35.2. The number of hydrogen-bond acceptors (Lipinski definition) is 8. The van der Waals surface area contributed by atoms with Gasteiger partial charge in [-0.15, -0.1) is 0 Å². The summed E-state index contributed by atoms with van der Waals surface area (Å²) in [6.07, 6.45) is 2.90. The number of amides is 1. The SMILES string of the molecule is CC(C)(C)[Si](C)(C)O[C@H](CNCc1ccc2oc(=O)n(CCCc3ccc(-c4ccccc4)c(N(C(=O)O)C4CCC(N)CC4)c3)c2c1)c1ccc(O)c2[nH]c(=O)ccc12. The quantitative estimate of drug-likeness (QED) is 0.0671. The molecule has 1 fully saturated rings. The Morgan fingerprint density at radius 1 is 0.983 bits per heavy atom. The van der Waals surface area contributed by atoms with Crippen LogP contribution in [0.4, 0.5) is 10.5 Å². The van der Waals surface area contributed by atoms with E-state index in [9.17, 15) is 24.6 Å². The van der Waals surface area contributed by atoms with E-state index in [0.29, 0.717) is 67.6 Å². The minimum absolute atomic E-state index is 0.00104. The van der Waals surface area contributed by atoms with Crippen LogP contribution in [-0.4, -0.2) is 52.8 Å². The number of nitrogens with zero attached hydrogens (tertiary/aromatic N) is 2. The number of aryl methyl sites for hydroxylation is 2. The summed E-state index contributed by atoms with van der Waals surface area (Å²) in [7, 11) is -2.27.